The van der Waals surface area contributed by atoms with Crippen LogP contribution >= 0.6 is 0 Å². The Morgan fingerprint density at radius 1 is 0.950 bits per heavy atom. The third-order valence-electron chi connectivity index (χ3n) is 3.30. The summed E-state index contributed by atoms with van der Waals surface area (Å²) in [5.74, 6) is 3.55. The van der Waals surface area contributed by atoms with Gasteiger partial charge in [-0.25, -0.2) is 18.6 Å². The van der Waals surface area contributed by atoms with E-state index in [-0.39, 0.29) is 5.56 Å². The Balaban J connectivity index is 2.58. The van der Waals surface area contributed by atoms with Gasteiger partial charge in [0.1, 0.15) is 17.5 Å². The molecule has 0 saturated heterocycles. The van der Waals surface area contributed by atoms with Crippen LogP contribution in [0.3, 0.4) is 0 Å². The molecular weight excluding hydrogens is 265 g/mol. The highest BCUT2D eigenvalue weighted by Crippen LogP contribution is 2.28. The maximum absolute atomic E-state index is 14.1. The fraction of sp³-hybridized carbons (Fsp3) is 0.200. The van der Waals surface area contributed by atoms with Gasteiger partial charge in [-0.15, -0.1) is 0 Å². The third-order valence-corrected chi connectivity index (χ3v) is 3.30. The van der Waals surface area contributed by atoms with E-state index in [4.69, 9.17) is 5.84 Å². The molecule has 0 aromatic heterocycles. The third kappa shape index (κ3) is 2.55. The first-order chi connectivity index (χ1) is 9.45. The molecule has 2 nitrogen and oxygen atoms in total. The smallest absolute Gasteiger partial charge is 0.134 e. The molecule has 0 aliphatic heterocycles. The lowest BCUT2D eigenvalue weighted by molar-refractivity contribution is 0.504. The van der Waals surface area contributed by atoms with Crippen molar-refractivity contribution in [1.29, 1.82) is 0 Å². The van der Waals surface area contributed by atoms with Gasteiger partial charge in [0.15, 0.2) is 0 Å². The van der Waals surface area contributed by atoms with Crippen molar-refractivity contribution in [2.24, 2.45) is 5.84 Å². The molecule has 0 saturated carbocycles. The van der Waals surface area contributed by atoms with E-state index in [0.29, 0.717) is 16.7 Å². The van der Waals surface area contributed by atoms with Gasteiger partial charge in [-0.3, -0.25) is 5.84 Å². The summed E-state index contributed by atoms with van der Waals surface area (Å²) in [7, 11) is 0. The van der Waals surface area contributed by atoms with Crippen LogP contribution in [0.2, 0.25) is 0 Å². The van der Waals surface area contributed by atoms with Crippen LogP contribution in [0.5, 0.6) is 0 Å². The van der Waals surface area contributed by atoms with E-state index < -0.39 is 23.5 Å². The van der Waals surface area contributed by atoms with Crippen LogP contribution in [0.25, 0.3) is 0 Å². The van der Waals surface area contributed by atoms with Crippen LogP contribution < -0.4 is 11.3 Å². The minimum atomic E-state index is -0.954. The molecule has 2 aromatic rings. The first-order valence-electron chi connectivity index (χ1n) is 6.12. The number of hydrazine groups is 1. The van der Waals surface area contributed by atoms with Crippen LogP contribution in [-0.4, -0.2) is 0 Å². The maximum Gasteiger partial charge on any atom is 0.134 e. The summed E-state index contributed by atoms with van der Waals surface area (Å²) in [6.07, 6.45) is 0. The van der Waals surface area contributed by atoms with Gasteiger partial charge >= 0.3 is 0 Å². The summed E-state index contributed by atoms with van der Waals surface area (Å²) in [5, 5.41) is 0. The molecule has 0 aliphatic rings. The minimum Gasteiger partial charge on any atom is -0.271 e. The Bertz CT molecular complexity index is 641. The zero-order valence-electron chi connectivity index (χ0n) is 11.2. The summed E-state index contributed by atoms with van der Waals surface area (Å²) < 4.78 is 41.7. The normalized spacial score (nSPS) is 12.5. The molecule has 0 bridgehead atoms. The van der Waals surface area contributed by atoms with Gasteiger partial charge in [0.25, 0.3) is 0 Å². The predicted molar refractivity (Wildman–Crippen MR) is 71.4 cm³/mol. The fourth-order valence-electron chi connectivity index (χ4n) is 2.08. The molecule has 0 spiro atoms. The van der Waals surface area contributed by atoms with Gasteiger partial charge in [-0.05, 0) is 42.7 Å². The van der Waals surface area contributed by atoms with Crippen LogP contribution in [-0.2, 0) is 0 Å². The number of rotatable bonds is 3. The summed E-state index contributed by atoms with van der Waals surface area (Å²) >= 11 is 0. The molecule has 0 fully saturated rings. The molecule has 3 N–H and O–H groups in total. The quantitative estimate of drug-likeness (QED) is 0.669. The zero-order valence-corrected chi connectivity index (χ0v) is 11.2. The average molecular weight is 280 g/mol. The lowest BCUT2D eigenvalue weighted by Crippen LogP contribution is -2.30. The summed E-state index contributed by atoms with van der Waals surface area (Å²) in [4.78, 5) is 0. The maximum atomic E-state index is 14.1. The van der Waals surface area contributed by atoms with Crippen molar-refractivity contribution in [1.82, 2.24) is 5.43 Å². The number of hydrogen-bond donors (Lipinski definition) is 2. The second-order valence-electron chi connectivity index (χ2n) is 4.70. The minimum absolute atomic E-state index is 0.212. The van der Waals surface area contributed by atoms with Crippen LogP contribution in [0.15, 0.2) is 30.3 Å². The Hall–Kier alpha value is -1.85. The van der Waals surface area contributed by atoms with Crippen molar-refractivity contribution in [3.63, 3.8) is 0 Å². The SMILES string of the molecule is Cc1ccc(C(NN)c2c(F)ccc(C)c2F)cc1F. The second kappa shape index (κ2) is 5.64. The standard InChI is InChI=1S/C15H15F3N2/c1-8-3-5-10(7-12(8)17)15(20-19)13-11(16)6-4-9(2)14(13)18/h3-7,15,20H,19H2,1-2H3. The molecule has 0 radical (unpaired) electrons. The van der Waals surface area contributed by atoms with E-state index in [1.54, 1.807) is 19.1 Å². The van der Waals surface area contributed by atoms with E-state index in [0.717, 1.165) is 0 Å². The van der Waals surface area contributed by atoms with Gasteiger partial charge in [0.2, 0.25) is 0 Å². The molecule has 0 heterocycles. The van der Waals surface area contributed by atoms with E-state index >= 15 is 0 Å². The van der Waals surface area contributed by atoms with Gasteiger partial charge in [-0.2, -0.15) is 0 Å². The number of halogens is 3. The van der Waals surface area contributed by atoms with Crippen molar-refractivity contribution < 1.29 is 13.2 Å². The molecule has 2 aromatic carbocycles. The molecule has 5 heteroatoms. The Morgan fingerprint density at radius 3 is 2.20 bits per heavy atom. The predicted octanol–water partition coefficient (Wildman–Crippen LogP) is 3.27. The van der Waals surface area contributed by atoms with E-state index in [1.807, 2.05) is 0 Å². The second-order valence-corrected chi connectivity index (χ2v) is 4.70. The van der Waals surface area contributed by atoms with Gasteiger partial charge in [-0.1, -0.05) is 18.2 Å². The van der Waals surface area contributed by atoms with Gasteiger partial charge < -0.3 is 0 Å². The molecule has 0 aliphatic carbocycles. The molecule has 0 amide bonds. The van der Waals surface area contributed by atoms with Crippen LogP contribution in [0.4, 0.5) is 13.2 Å². The first kappa shape index (κ1) is 14.6. The number of nitrogens with two attached hydrogens (primary N) is 1. The number of benzene rings is 2. The highest BCUT2D eigenvalue weighted by molar-refractivity contribution is 5.37. The largest absolute Gasteiger partial charge is 0.271 e. The van der Waals surface area contributed by atoms with Crippen molar-refractivity contribution in [2.75, 3.05) is 0 Å². The lowest BCUT2D eigenvalue weighted by atomic mass is 9.95. The van der Waals surface area contributed by atoms with Crippen LogP contribution in [0.1, 0.15) is 28.3 Å². The van der Waals surface area contributed by atoms with Crippen molar-refractivity contribution >= 4 is 0 Å². The van der Waals surface area contributed by atoms with E-state index in [9.17, 15) is 13.2 Å². The Kier molecular flexibility index (Phi) is 4.11. The molecule has 2 rings (SSSR count). The lowest BCUT2D eigenvalue weighted by Gasteiger charge is -2.19. The Labute approximate surface area is 115 Å². The fourth-order valence-corrected chi connectivity index (χ4v) is 2.08. The average Bonchev–Trinajstić information content (AvgIpc) is 2.42. The highest BCUT2D eigenvalue weighted by Gasteiger charge is 2.22. The van der Waals surface area contributed by atoms with Gasteiger partial charge in [0, 0.05) is 5.56 Å². The number of nitrogens with one attached hydrogen (secondary N) is 1. The highest BCUT2D eigenvalue weighted by atomic mass is 19.1. The summed E-state index contributed by atoms with van der Waals surface area (Å²) in [6, 6.07) is 5.91. The van der Waals surface area contributed by atoms with Gasteiger partial charge in [0.05, 0.1) is 6.04 Å². The molecule has 20 heavy (non-hydrogen) atoms. The monoisotopic (exact) mass is 280 g/mol. The van der Waals surface area contributed by atoms with E-state index in [1.165, 1.54) is 25.1 Å². The molecule has 106 valence electrons. The number of hydrogen-bond acceptors (Lipinski definition) is 2. The summed E-state index contributed by atoms with van der Waals surface area (Å²) in [5.41, 5.74) is 3.25. The van der Waals surface area contributed by atoms with Crippen molar-refractivity contribution in [3.8, 4) is 0 Å². The zero-order chi connectivity index (χ0) is 14.9. The summed E-state index contributed by atoms with van der Waals surface area (Å²) in [6.45, 7) is 3.14. The Morgan fingerprint density at radius 2 is 1.60 bits per heavy atom. The van der Waals surface area contributed by atoms with E-state index in [2.05, 4.69) is 5.43 Å². The molecular formula is C15H15F3N2. The van der Waals surface area contributed by atoms with Crippen molar-refractivity contribution in [2.45, 2.75) is 19.9 Å². The topological polar surface area (TPSA) is 38.0 Å². The van der Waals surface area contributed by atoms with Crippen molar-refractivity contribution in [3.05, 3.63) is 70.0 Å². The molecule has 1 atom stereocenters. The first-order valence-corrected chi connectivity index (χ1v) is 6.12. The number of aryl methyl sites for hydroxylation is 2. The molecule has 1 unspecified atom stereocenters. The van der Waals surface area contributed by atoms with Crippen LogP contribution in [0, 0.1) is 31.3 Å².